The molecule has 0 atom stereocenters. The van der Waals surface area contributed by atoms with E-state index >= 15 is 0 Å². The summed E-state index contributed by atoms with van der Waals surface area (Å²) in [4.78, 5) is 28.9. The van der Waals surface area contributed by atoms with Crippen molar-refractivity contribution in [3.05, 3.63) is 117 Å². The minimum Gasteiger partial charge on any atom is -0.496 e. The monoisotopic (exact) mass is 595 g/mol. The predicted molar refractivity (Wildman–Crippen MR) is 166 cm³/mol. The third-order valence-electron chi connectivity index (χ3n) is 7.59. The maximum atomic E-state index is 13.7. The molecule has 0 unspecified atom stereocenters. The second kappa shape index (κ2) is 12.2. The zero-order valence-electron chi connectivity index (χ0n) is 23.9. The first-order valence-electron chi connectivity index (χ1n) is 13.9. The van der Waals surface area contributed by atoms with Crippen LogP contribution in [0.15, 0.2) is 89.7 Å². The molecule has 1 aliphatic rings. The number of amides is 1. The van der Waals surface area contributed by atoms with Gasteiger partial charge in [0.2, 0.25) is 5.91 Å². The third-order valence-corrected chi connectivity index (χ3v) is 7.82. The van der Waals surface area contributed by atoms with E-state index in [2.05, 4.69) is 5.10 Å². The molecular formula is C34H30ClN3O5. The maximum absolute atomic E-state index is 13.7. The van der Waals surface area contributed by atoms with Crippen LogP contribution in [0.4, 0.5) is 0 Å². The molecule has 1 amide bonds. The van der Waals surface area contributed by atoms with Crippen molar-refractivity contribution in [1.29, 1.82) is 0 Å². The topological polar surface area (TPSA) is 82.9 Å². The molecule has 0 fully saturated rings. The number of hydrogen-bond donors (Lipinski definition) is 0. The molecule has 1 aliphatic heterocycles. The molecule has 2 heterocycles. The predicted octanol–water partition coefficient (Wildman–Crippen LogP) is 5.75. The first-order chi connectivity index (χ1) is 20.9. The van der Waals surface area contributed by atoms with Crippen molar-refractivity contribution < 1.29 is 19.0 Å². The third kappa shape index (κ3) is 5.79. The fourth-order valence-electron chi connectivity index (χ4n) is 5.47. The van der Waals surface area contributed by atoms with Crippen molar-refractivity contribution >= 4 is 28.3 Å². The molecule has 0 spiro atoms. The standard InChI is InChI=1S/C34H30ClN3O5/c1-41-30-13-12-25(35)19-28(30)23-17-24-20-37(14-15-43-33(24)31(18-23)42-2)32(39)21-38-34(40)27-11-7-6-10-26(27)29(36-38)16-22-8-4-3-5-9-22/h3-13,17-19H,14-16,20-21H2,1-2H3. The molecule has 43 heavy (non-hydrogen) atoms. The summed E-state index contributed by atoms with van der Waals surface area (Å²) >= 11 is 6.32. The van der Waals surface area contributed by atoms with E-state index in [0.29, 0.717) is 40.6 Å². The summed E-state index contributed by atoms with van der Waals surface area (Å²) in [6, 6.07) is 26.6. The molecule has 0 bridgehead atoms. The zero-order chi connectivity index (χ0) is 29.9. The van der Waals surface area contributed by atoms with Gasteiger partial charge in [-0.25, -0.2) is 4.68 Å². The summed E-state index contributed by atoms with van der Waals surface area (Å²) in [6.45, 7) is 0.681. The quantitative estimate of drug-likeness (QED) is 0.238. The molecule has 9 heteroatoms. The first kappa shape index (κ1) is 28.3. The Balaban J connectivity index is 1.33. The van der Waals surface area contributed by atoms with Gasteiger partial charge < -0.3 is 19.1 Å². The second-order valence-corrected chi connectivity index (χ2v) is 10.7. The van der Waals surface area contributed by atoms with E-state index in [1.807, 2.05) is 72.8 Å². The Labute approximate surface area is 254 Å². The Bertz CT molecular complexity index is 1870. The molecular weight excluding hydrogens is 566 g/mol. The molecule has 0 saturated carbocycles. The summed E-state index contributed by atoms with van der Waals surface area (Å²) in [5.41, 5.74) is 3.87. The number of aromatic nitrogens is 2. The number of ether oxygens (including phenoxy) is 3. The van der Waals surface area contributed by atoms with Gasteiger partial charge in [0.1, 0.15) is 18.9 Å². The minimum absolute atomic E-state index is 0.195. The van der Waals surface area contributed by atoms with Crippen molar-refractivity contribution in [1.82, 2.24) is 14.7 Å². The van der Waals surface area contributed by atoms with Gasteiger partial charge in [-0.05, 0) is 47.5 Å². The van der Waals surface area contributed by atoms with E-state index in [0.717, 1.165) is 33.3 Å². The van der Waals surface area contributed by atoms with Gasteiger partial charge in [-0.1, -0.05) is 60.1 Å². The molecule has 0 N–H and O–H groups in total. The van der Waals surface area contributed by atoms with E-state index in [-0.39, 0.29) is 31.2 Å². The van der Waals surface area contributed by atoms with Crippen LogP contribution in [0.5, 0.6) is 17.2 Å². The highest BCUT2D eigenvalue weighted by Gasteiger charge is 2.25. The fourth-order valence-corrected chi connectivity index (χ4v) is 5.64. The Kier molecular flexibility index (Phi) is 8.03. The van der Waals surface area contributed by atoms with E-state index < -0.39 is 0 Å². The molecule has 0 saturated heterocycles. The Morgan fingerprint density at radius 3 is 2.44 bits per heavy atom. The van der Waals surface area contributed by atoms with E-state index in [4.69, 9.17) is 25.8 Å². The lowest BCUT2D eigenvalue weighted by Gasteiger charge is -2.21. The minimum atomic E-state index is -0.302. The van der Waals surface area contributed by atoms with Crippen molar-refractivity contribution in [3.63, 3.8) is 0 Å². The largest absolute Gasteiger partial charge is 0.496 e. The lowest BCUT2D eigenvalue weighted by Crippen LogP contribution is -2.38. The molecule has 0 radical (unpaired) electrons. The molecule has 8 nitrogen and oxygen atoms in total. The molecule has 1 aromatic heterocycles. The number of carbonyl (C=O) groups excluding carboxylic acids is 1. The van der Waals surface area contributed by atoms with Crippen LogP contribution in [0.1, 0.15) is 16.8 Å². The van der Waals surface area contributed by atoms with Crippen LogP contribution in [-0.2, 0) is 24.3 Å². The smallest absolute Gasteiger partial charge is 0.275 e. The van der Waals surface area contributed by atoms with Crippen molar-refractivity contribution in [2.75, 3.05) is 27.4 Å². The number of halogens is 1. The van der Waals surface area contributed by atoms with Crippen LogP contribution in [0.3, 0.4) is 0 Å². The SMILES string of the molecule is COc1ccc(Cl)cc1-c1cc2c(c(OC)c1)OCCN(C(=O)Cn1nc(Cc3ccccc3)c3ccccc3c1=O)C2. The molecule has 4 aromatic carbocycles. The van der Waals surface area contributed by atoms with Gasteiger partial charge in [-0.2, -0.15) is 5.10 Å². The van der Waals surface area contributed by atoms with Gasteiger partial charge in [-0.15, -0.1) is 0 Å². The van der Waals surface area contributed by atoms with E-state index in [1.54, 1.807) is 31.3 Å². The zero-order valence-corrected chi connectivity index (χ0v) is 24.6. The van der Waals surface area contributed by atoms with Crippen LogP contribution < -0.4 is 19.8 Å². The van der Waals surface area contributed by atoms with Crippen LogP contribution in [0.2, 0.25) is 5.02 Å². The number of carbonyl (C=O) groups is 1. The molecule has 6 rings (SSSR count). The van der Waals surface area contributed by atoms with Crippen LogP contribution in [0.25, 0.3) is 21.9 Å². The van der Waals surface area contributed by atoms with Gasteiger partial charge in [0.25, 0.3) is 5.56 Å². The lowest BCUT2D eigenvalue weighted by molar-refractivity contribution is -0.132. The summed E-state index contributed by atoms with van der Waals surface area (Å²) in [6.07, 6.45) is 0.538. The number of hydrogen-bond acceptors (Lipinski definition) is 6. The summed E-state index contributed by atoms with van der Waals surface area (Å²) < 4.78 is 18.6. The average molecular weight is 596 g/mol. The Morgan fingerprint density at radius 2 is 1.67 bits per heavy atom. The molecule has 5 aromatic rings. The van der Waals surface area contributed by atoms with E-state index in [1.165, 1.54) is 4.68 Å². The number of fused-ring (bicyclic) bond motifs is 2. The second-order valence-electron chi connectivity index (χ2n) is 10.3. The van der Waals surface area contributed by atoms with Gasteiger partial charge in [0.05, 0.1) is 31.8 Å². The van der Waals surface area contributed by atoms with Gasteiger partial charge in [-0.3, -0.25) is 9.59 Å². The highest BCUT2D eigenvalue weighted by molar-refractivity contribution is 6.31. The van der Waals surface area contributed by atoms with Crippen molar-refractivity contribution in [2.24, 2.45) is 0 Å². The Morgan fingerprint density at radius 1 is 0.930 bits per heavy atom. The van der Waals surface area contributed by atoms with Gasteiger partial charge >= 0.3 is 0 Å². The number of nitrogens with zero attached hydrogens (tertiary/aromatic N) is 3. The van der Waals surface area contributed by atoms with E-state index in [9.17, 15) is 9.59 Å². The van der Waals surface area contributed by atoms with Crippen LogP contribution >= 0.6 is 11.6 Å². The number of benzene rings is 4. The average Bonchev–Trinajstić information content (AvgIpc) is 3.26. The summed E-state index contributed by atoms with van der Waals surface area (Å²) in [5.74, 6) is 1.54. The molecule has 0 aliphatic carbocycles. The fraction of sp³-hybridized carbons (Fsp3) is 0.206. The van der Waals surface area contributed by atoms with Crippen molar-refractivity contribution in [3.8, 4) is 28.4 Å². The highest BCUT2D eigenvalue weighted by Crippen LogP contribution is 2.41. The molecule has 218 valence electrons. The van der Waals surface area contributed by atoms with Gasteiger partial charge in [0, 0.05) is 34.5 Å². The number of methoxy groups -OCH3 is 2. The summed E-state index contributed by atoms with van der Waals surface area (Å²) in [7, 11) is 3.18. The van der Waals surface area contributed by atoms with Crippen molar-refractivity contribution in [2.45, 2.75) is 19.5 Å². The summed E-state index contributed by atoms with van der Waals surface area (Å²) in [5, 5.41) is 6.57. The van der Waals surface area contributed by atoms with Crippen LogP contribution in [-0.4, -0.2) is 48.0 Å². The lowest BCUT2D eigenvalue weighted by atomic mass is 10.0. The Hall–Kier alpha value is -4.82. The van der Waals surface area contributed by atoms with Crippen LogP contribution in [0, 0.1) is 0 Å². The normalized spacial score (nSPS) is 12.8. The maximum Gasteiger partial charge on any atom is 0.275 e. The number of rotatable bonds is 7. The highest BCUT2D eigenvalue weighted by atomic mass is 35.5. The van der Waals surface area contributed by atoms with Gasteiger partial charge in [0.15, 0.2) is 11.5 Å². The first-order valence-corrected chi connectivity index (χ1v) is 14.3.